The fraction of sp³-hybridized carbons (Fsp3) is 0.350. The maximum absolute atomic E-state index is 12.9. The van der Waals surface area contributed by atoms with E-state index in [0.717, 1.165) is 29.7 Å². The molecule has 0 aromatic heterocycles. The van der Waals surface area contributed by atoms with Gasteiger partial charge in [-0.1, -0.05) is 24.3 Å². The molecule has 1 heterocycles. The standard InChI is InChI=1S/C20H23FN2O2/c1-15-3-2-4-18(13-15)22-20(24)23-11-9-19(10-12-23)25-14-16-5-7-17(21)8-6-16/h2-8,13,19H,9-12,14H2,1H3,(H,22,24). The quantitative estimate of drug-likeness (QED) is 0.898. The Morgan fingerprint density at radius 3 is 2.60 bits per heavy atom. The smallest absolute Gasteiger partial charge is 0.321 e. The first-order valence-corrected chi connectivity index (χ1v) is 8.59. The molecular formula is C20H23FN2O2. The minimum Gasteiger partial charge on any atom is -0.373 e. The maximum Gasteiger partial charge on any atom is 0.321 e. The summed E-state index contributed by atoms with van der Waals surface area (Å²) in [5, 5.41) is 2.94. The van der Waals surface area contributed by atoms with Crippen molar-refractivity contribution in [2.75, 3.05) is 18.4 Å². The number of amides is 2. The van der Waals surface area contributed by atoms with Crippen molar-refractivity contribution in [3.8, 4) is 0 Å². The molecule has 0 radical (unpaired) electrons. The van der Waals surface area contributed by atoms with Crippen molar-refractivity contribution < 1.29 is 13.9 Å². The number of ether oxygens (including phenoxy) is 1. The van der Waals surface area contributed by atoms with E-state index in [9.17, 15) is 9.18 Å². The molecule has 0 unspecified atom stereocenters. The first-order valence-electron chi connectivity index (χ1n) is 8.59. The second kappa shape index (κ2) is 8.12. The average Bonchev–Trinajstić information content (AvgIpc) is 2.62. The van der Waals surface area contributed by atoms with Gasteiger partial charge >= 0.3 is 6.03 Å². The minimum absolute atomic E-state index is 0.0671. The molecule has 1 aliphatic heterocycles. The highest BCUT2D eigenvalue weighted by molar-refractivity contribution is 5.89. The lowest BCUT2D eigenvalue weighted by Gasteiger charge is -2.32. The van der Waals surface area contributed by atoms with Crippen molar-refractivity contribution in [1.29, 1.82) is 0 Å². The maximum atomic E-state index is 12.9. The molecule has 1 N–H and O–H groups in total. The van der Waals surface area contributed by atoms with Crippen LogP contribution in [0, 0.1) is 12.7 Å². The Kier molecular flexibility index (Phi) is 5.66. The summed E-state index contributed by atoms with van der Waals surface area (Å²) < 4.78 is 18.8. The number of carbonyl (C=O) groups excluding carboxylic acids is 1. The third-order valence-corrected chi connectivity index (χ3v) is 4.40. The molecule has 0 saturated carbocycles. The molecule has 0 aliphatic carbocycles. The SMILES string of the molecule is Cc1cccc(NC(=O)N2CCC(OCc3ccc(F)cc3)CC2)c1. The van der Waals surface area contributed by atoms with Crippen molar-refractivity contribution in [3.05, 3.63) is 65.5 Å². The van der Waals surface area contributed by atoms with Crippen LogP contribution in [0.2, 0.25) is 0 Å². The van der Waals surface area contributed by atoms with E-state index in [-0.39, 0.29) is 18.0 Å². The van der Waals surface area contributed by atoms with E-state index in [1.807, 2.05) is 36.1 Å². The van der Waals surface area contributed by atoms with Crippen molar-refractivity contribution in [1.82, 2.24) is 4.90 Å². The van der Waals surface area contributed by atoms with Gasteiger partial charge in [0.15, 0.2) is 0 Å². The molecule has 25 heavy (non-hydrogen) atoms. The zero-order chi connectivity index (χ0) is 17.6. The van der Waals surface area contributed by atoms with Crippen LogP contribution in [-0.2, 0) is 11.3 Å². The highest BCUT2D eigenvalue weighted by Gasteiger charge is 2.23. The van der Waals surface area contributed by atoms with Gasteiger partial charge < -0.3 is 15.0 Å². The molecule has 1 aliphatic rings. The predicted molar refractivity (Wildman–Crippen MR) is 96.0 cm³/mol. The summed E-state index contributed by atoms with van der Waals surface area (Å²) >= 11 is 0. The van der Waals surface area contributed by atoms with Gasteiger partial charge in [0, 0.05) is 18.8 Å². The van der Waals surface area contributed by atoms with Crippen molar-refractivity contribution in [2.45, 2.75) is 32.5 Å². The number of nitrogens with one attached hydrogen (secondary N) is 1. The third-order valence-electron chi connectivity index (χ3n) is 4.40. The van der Waals surface area contributed by atoms with E-state index in [0.29, 0.717) is 19.7 Å². The lowest BCUT2D eigenvalue weighted by molar-refractivity contribution is 0.00538. The topological polar surface area (TPSA) is 41.6 Å². The van der Waals surface area contributed by atoms with E-state index in [1.54, 1.807) is 12.1 Å². The molecule has 1 fully saturated rings. The normalized spacial score (nSPS) is 15.2. The van der Waals surface area contributed by atoms with Gasteiger partial charge in [-0.3, -0.25) is 0 Å². The lowest BCUT2D eigenvalue weighted by Crippen LogP contribution is -2.43. The van der Waals surface area contributed by atoms with E-state index in [1.165, 1.54) is 12.1 Å². The summed E-state index contributed by atoms with van der Waals surface area (Å²) in [6.07, 6.45) is 1.75. The lowest BCUT2D eigenvalue weighted by atomic mass is 10.1. The molecule has 132 valence electrons. The minimum atomic E-state index is -0.239. The highest BCUT2D eigenvalue weighted by atomic mass is 19.1. The van der Waals surface area contributed by atoms with Crippen LogP contribution in [0.15, 0.2) is 48.5 Å². The number of aryl methyl sites for hydroxylation is 1. The van der Waals surface area contributed by atoms with Crippen LogP contribution in [-0.4, -0.2) is 30.1 Å². The molecule has 5 heteroatoms. The molecule has 0 bridgehead atoms. The number of benzene rings is 2. The summed E-state index contributed by atoms with van der Waals surface area (Å²) in [6, 6.07) is 14.1. The van der Waals surface area contributed by atoms with Crippen LogP contribution in [0.25, 0.3) is 0 Å². The van der Waals surface area contributed by atoms with Gasteiger partial charge in [0.2, 0.25) is 0 Å². The van der Waals surface area contributed by atoms with Gasteiger partial charge in [0.1, 0.15) is 5.82 Å². The van der Waals surface area contributed by atoms with Gasteiger partial charge in [0.05, 0.1) is 12.7 Å². The van der Waals surface area contributed by atoms with E-state index < -0.39 is 0 Å². The largest absolute Gasteiger partial charge is 0.373 e. The molecule has 2 amide bonds. The monoisotopic (exact) mass is 342 g/mol. The van der Waals surface area contributed by atoms with Crippen LogP contribution in [0.5, 0.6) is 0 Å². The van der Waals surface area contributed by atoms with Crippen LogP contribution in [0.3, 0.4) is 0 Å². The first-order chi connectivity index (χ1) is 12.1. The second-order valence-corrected chi connectivity index (χ2v) is 6.42. The number of carbonyl (C=O) groups is 1. The zero-order valence-corrected chi connectivity index (χ0v) is 14.4. The van der Waals surface area contributed by atoms with Crippen LogP contribution in [0.1, 0.15) is 24.0 Å². The predicted octanol–water partition coefficient (Wildman–Crippen LogP) is 4.35. The Morgan fingerprint density at radius 1 is 1.20 bits per heavy atom. The van der Waals surface area contributed by atoms with Crippen LogP contribution < -0.4 is 5.32 Å². The van der Waals surface area contributed by atoms with Crippen LogP contribution >= 0.6 is 0 Å². The Morgan fingerprint density at radius 2 is 1.92 bits per heavy atom. The molecular weight excluding hydrogens is 319 g/mol. The molecule has 0 atom stereocenters. The molecule has 4 nitrogen and oxygen atoms in total. The number of urea groups is 1. The number of piperidine rings is 1. The van der Waals surface area contributed by atoms with Crippen molar-refractivity contribution in [2.24, 2.45) is 0 Å². The van der Waals surface area contributed by atoms with Gasteiger partial charge in [-0.05, 0) is 55.2 Å². The number of rotatable bonds is 4. The van der Waals surface area contributed by atoms with Gasteiger partial charge in [-0.2, -0.15) is 0 Å². The van der Waals surface area contributed by atoms with E-state index >= 15 is 0 Å². The number of likely N-dealkylation sites (tertiary alicyclic amines) is 1. The van der Waals surface area contributed by atoms with Crippen LogP contribution in [0.4, 0.5) is 14.9 Å². The number of nitrogens with zero attached hydrogens (tertiary/aromatic N) is 1. The molecule has 3 rings (SSSR count). The van der Waals surface area contributed by atoms with Gasteiger partial charge in [0.25, 0.3) is 0 Å². The van der Waals surface area contributed by atoms with Gasteiger partial charge in [-0.15, -0.1) is 0 Å². The van der Waals surface area contributed by atoms with E-state index in [4.69, 9.17) is 4.74 Å². The number of halogens is 1. The molecule has 1 saturated heterocycles. The highest BCUT2D eigenvalue weighted by Crippen LogP contribution is 2.18. The summed E-state index contributed by atoms with van der Waals surface area (Å²) in [4.78, 5) is 14.2. The first kappa shape index (κ1) is 17.4. The Hall–Kier alpha value is -2.40. The van der Waals surface area contributed by atoms with Gasteiger partial charge in [-0.25, -0.2) is 9.18 Å². The third kappa shape index (κ3) is 5.03. The number of hydrogen-bond donors (Lipinski definition) is 1. The van der Waals surface area contributed by atoms with E-state index in [2.05, 4.69) is 5.32 Å². The zero-order valence-electron chi connectivity index (χ0n) is 14.4. The average molecular weight is 342 g/mol. The summed E-state index contributed by atoms with van der Waals surface area (Å²) in [6.45, 7) is 3.82. The Labute approximate surface area is 147 Å². The Bertz CT molecular complexity index is 710. The molecule has 0 spiro atoms. The second-order valence-electron chi connectivity index (χ2n) is 6.42. The molecule has 2 aromatic carbocycles. The molecule has 2 aromatic rings. The summed E-state index contributed by atoms with van der Waals surface area (Å²) in [7, 11) is 0. The van der Waals surface area contributed by atoms with Crippen molar-refractivity contribution >= 4 is 11.7 Å². The van der Waals surface area contributed by atoms with Crippen molar-refractivity contribution in [3.63, 3.8) is 0 Å². The fourth-order valence-corrected chi connectivity index (χ4v) is 2.95. The number of hydrogen-bond acceptors (Lipinski definition) is 2. The Balaban J connectivity index is 1.43. The number of anilines is 1. The fourth-order valence-electron chi connectivity index (χ4n) is 2.95. The summed E-state index contributed by atoms with van der Waals surface area (Å²) in [5.41, 5.74) is 2.89. The summed E-state index contributed by atoms with van der Waals surface area (Å²) in [5.74, 6) is -0.239.